The number of methoxy groups -OCH3 is 1. The summed E-state index contributed by atoms with van der Waals surface area (Å²) in [5.41, 5.74) is 2.41. The molecule has 2 aromatic carbocycles. The summed E-state index contributed by atoms with van der Waals surface area (Å²) in [7, 11) is -2.77. The molecule has 1 amide bonds. The molecule has 1 aliphatic rings. The third-order valence-electron chi connectivity index (χ3n) is 7.96. The number of hydrogen-bond donors (Lipinski definition) is 0. The quantitative estimate of drug-likeness (QED) is 0.212. The molecule has 0 atom stereocenters. The predicted molar refractivity (Wildman–Crippen MR) is 179 cm³/mol. The van der Waals surface area contributed by atoms with E-state index in [1.807, 2.05) is 60.6 Å². The van der Waals surface area contributed by atoms with E-state index in [0.29, 0.717) is 65.3 Å². The monoisotopic (exact) mass is 655 g/mol. The molecule has 4 rings (SSSR count). The lowest BCUT2D eigenvalue weighted by molar-refractivity contribution is 0.0124. The molecular formula is C35H49N3O7S. The number of likely N-dealkylation sites (tertiary alicyclic amines) is 1. The first-order chi connectivity index (χ1) is 21.4. The van der Waals surface area contributed by atoms with E-state index in [0.717, 1.165) is 5.56 Å². The molecule has 0 aliphatic carbocycles. The molecule has 1 aromatic heterocycles. The fraction of sp³-hybridized carbons (Fsp3) is 0.571. The van der Waals surface area contributed by atoms with Gasteiger partial charge in [0.2, 0.25) is 5.88 Å². The van der Waals surface area contributed by atoms with Crippen LogP contribution in [0, 0.1) is 6.92 Å². The summed E-state index contributed by atoms with van der Waals surface area (Å²) >= 11 is 0. The summed E-state index contributed by atoms with van der Waals surface area (Å²) in [5.74, 6) is 1.26. The van der Waals surface area contributed by atoms with Crippen molar-refractivity contribution >= 4 is 27.1 Å². The molecule has 10 nitrogen and oxygen atoms in total. The Bertz CT molecular complexity index is 1660. The van der Waals surface area contributed by atoms with Crippen molar-refractivity contribution in [2.24, 2.45) is 0 Å². The average Bonchev–Trinajstić information content (AvgIpc) is 2.95. The Morgan fingerprint density at radius 2 is 1.48 bits per heavy atom. The number of rotatable bonds is 9. The smallest absolute Gasteiger partial charge is 0.410 e. The highest BCUT2D eigenvalue weighted by Gasteiger charge is 2.31. The van der Waals surface area contributed by atoms with Gasteiger partial charge < -0.3 is 23.3 Å². The van der Waals surface area contributed by atoms with Crippen molar-refractivity contribution in [2.75, 3.05) is 20.2 Å². The number of carbonyl (C=O) groups excluding carboxylic acids is 1. The van der Waals surface area contributed by atoms with Crippen LogP contribution in [0.2, 0.25) is 0 Å². The van der Waals surface area contributed by atoms with Crippen molar-refractivity contribution in [3.05, 3.63) is 46.8 Å². The number of nitrogens with zero attached hydrogens (tertiary/aromatic N) is 3. The van der Waals surface area contributed by atoms with Gasteiger partial charge in [0.25, 0.3) is 0 Å². The molecule has 0 N–H and O–H groups in total. The molecule has 252 valence electrons. The van der Waals surface area contributed by atoms with Crippen molar-refractivity contribution in [1.82, 2.24) is 14.9 Å². The number of hydrogen-bond acceptors (Lipinski definition) is 9. The predicted octanol–water partition coefficient (Wildman–Crippen LogP) is 7.86. The number of piperidine rings is 1. The van der Waals surface area contributed by atoms with Gasteiger partial charge in [-0.25, -0.2) is 9.78 Å². The Kier molecular flexibility index (Phi) is 10.4. The standard InChI is InChI=1S/C35H49N3O7S/c1-20(2)24-16-26(21(3)4)32(27(17-24)22(5)6)46(40,41)45-33-28-18-31(30(42-11)19-29(28)36-23(7)37-33)43-25-12-14-38(15-13-25)34(39)44-35(8,9)10/h16-22,25H,12-15H2,1-11H3. The fourth-order valence-corrected chi connectivity index (χ4v) is 7.11. The zero-order valence-corrected chi connectivity index (χ0v) is 29.9. The summed E-state index contributed by atoms with van der Waals surface area (Å²) in [4.78, 5) is 23.4. The minimum absolute atomic E-state index is 0.0561. The van der Waals surface area contributed by atoms with Gasteiger partial charge in [-0.15, -0.1) is 0 Å². The van der Waals surface area contributed by atoms with E-state index >= 15 is 0 Å². The molecule has 0 radical (unpaired) electrons. The van der Waals surface area contributed by atoms with Crippen LogP contribution >= 0.6 is 0 Å². The zero-order valence-electron chi connectivity index (χ0n) is 29.1. The van der Waals surface area contributed by atoms with Crippen LogP contribution in [0.3, 0.4) is 0 Å². The van der Waals surface area contributed by atoms with Crippen LogP contribution in [0.1, 0.15) is 115 Å². The molecule has 11 heteroatoms. The van der Waals surface area contributed by atoms with Gasteiger partial charge in [-0.05, 0) is 68.2 Å². The minimum Gasteiger partial charge on any atom is -0.493 e. The van der Waals surface area contributed by atoms with E-state index in [1.165, 1.54) is 7.11 Å². The number of aryl methyl sites for hydroxylation is 1. The third-order valence-corrected chi connectivity index (χ3v) is 9.31. The molecule has 1 saturated heterocycles. The van der Waals surface area contributed by atoms with Crippen molar-refractivity contribution in [1.29, 1.82) is 0 Å². The lowest BCUT2D eigenvalue weighted by Crippen LogP contribution is -2.44. The number of fused-ring (bicyclic) bond motifs is 1. The highest BCUT2D eigenvalue weighted by molar-refractivity contribution is 7.87. The average molecular weight is 656 g/mol. The Balaban J connectivity index is 1.71. The molecule has 0 saturated carbocycles. The lowest BCUT2D eigenvalue weighted by atomic mass is 9.89. The number of ether oxygens (including phenoxy) is 3. The van der Waals surface area contributed by atoms with Gasteiger partial charge in [-0.1, -0.05) is 53.7 Å². The van der Waals surface area contributed by atoms with Gasteiger partial charge in [0.05, 0.1) is 18.0 Å². The summed E-state index contributed by atoms with van der Waals surface area (Å²) < 4.78 is 51.9. The number of carbonyl (C=O) groups is 1. The van der Waals surface area contributed by atoms with Crippen LogP contribution in [0.15, 0.2) is 29.2 Å². The molecule has 1 fully saturated rings. The van der Waals surface area contributed by atoms with Crippen LogP contribution in [-0.4, -0.2) is 61.3 Å². The van der Waals surface area contributed by atoms with Crippen molar-refractivity contribution in [3.8, 4) is 17.4 Å². The van der Waals surface area contributed by atoms with E-state index in [1.54, 1.807) is 24.0 Å². The summed E-state index contributed by atoms with van der Waals surface area (Å²) in [5, 5.41) is 0.382. The molecule has 2 heterocycles. The summed E-state index contributed by atoms with van der Waals surface area (Å²) in [6, 6.07) is 7.33. The maximum Gasteiger partial charge on any atom is 0.410 e. The van der Waals surface area contributed by atoms with Crippen LogP contribution in [0.5, 0.6) is 17.4 Å². The largest absolute Gasteiger partial charge is 0.493 e. The van der Waals surface area contributed by atoms with E-state index in [4.69, 9.17) is 18.4 Å². The van der Waals surface area contributed by atoms with E-state index < -0.39 is 15.7 Å². The second-order valence-corrected chi connectivity index (χ2v) is 15.4. The molecule has 1 aliphatic heterocycles. The number of amides is 1. The normalized spacial score (nSPS) is 14.8. The first-order valence-corrected chi connectivity index (χ1v) is 17.4. The van der Waals surface area contributed by atoms with Crippen LogP contribution in [0.25, 0.3) is 10.9 Å². The summed E-state index contributed by atoms with van der Waals surface area (Å²) in [6.45, 7) is 20.3. The Morgan fingerprint density at radius 1 is 0.891 bits per heavy atom. The molecule has 0 spiro atoms. The minimum atomic E-state index is -4.31. The number of aromatic nitrogens is 2. The molecule has 0 unspecified atom stereocenters. The Morgan fingerprint density at radius 3 is 1.98 bits per heavy atom. The van der Waals surface area contributed by atoms with Gasteiger partial charge in [0.1, 0.15) is 22.4 Å². The second-order valence-electron chi connectivity index (χ2n) is 13.9. The molecule has 3 aromatic rings. The Hall–Kier alpha value is -3.60. The van der Waals surface area contributed by atoms with Crippen LogP contribution < -0.4 is 13.7 Å². The molecular weight excluding hydrogens is 606 g/mol. The van der Waals surface area contributed by atoms with Gasteiger partial charge in [0.15, 0.2) is 11.5 Å². The molecule has 46 heavy (non-hydrogen) atoms. The van der Waals surface area contributed by atoms with Crippen molar-refractivity contribution in [2.45, 2.75) is 116 Å². The second kappa shape index (κ2) is 13.6. The number of benzene rings is 2. The van der Waals surface area contributed by atoms with Gasteiger partial charge in [-0.2, -0.15) is 13.4 Å². The van der Waals surface area contributed by atoms with E-state index in [2.05, 4.69) is 23.8 Å². The van der Waals surface area contributed by atoms with Gasteiger partial charge >= 0.3 is 16.2 Å². The SMILES string of the molecule is COc1cc2nc(C)nc(OS(=O)(=O)c3c(C(C)C)cc(C(C)C)cc3C(C)C)c2cc1OC1CCN(C(=O)OC(C)(C)C)CC1. The maximum absolute atomic E-state index is 14.2. The zero-order chi connectivity index (χ0) is 34.1. The topological polar surface area (TPSA) is 117 Å². The first kappa shape index (κ1) is 35.3. The van der Waals surface area contributed by atoms with Crippen LogP contribution in [-0.2, 0) is 14.9 Å². The third kappa shape index (κ3) is 8.03. The fourth-order valence-electron chi connectivity index (χ4n) is 5.52. The first-order valence-electron chi connectivity index (χ1n) is 16.0. The lowest BCUT2D eigenvalue weighted by Gasteiger charge is -2.33. The van der Waals surface area contributed by atoms with Crippen molar-refractivity contribution < 1.29 is 31.6 Å². The Labute approximate surface area is 273 Å². The van der Waals surface area contributed by atoms with E-state index in [-0.39, 0.29) is 40.7 Å². The molecule has 0 bridgehead atoms. The van der Waals surface area contributed by atoms with E-state index in [9.17, 15) is 13.2 Å². The van der Waals surface area contributed by atoms with Crippen molar-refractivity contribution in [3.63, 3.8) is 0 Å². The highest BCUT2D eigenvalue weighted by Crippen LogP contribution is 2.40. The maximum atomic E-state index is 14.2. The van der Waals surface area contributed by atoms with Crippen LogP contribution in [0.4, 0.5) is 4.79 Å². The van der Waals surface area contributed by atoms with Gasteiger partial charge in [0, 0.05) is 32.0 Å². The van der Waals surface area contributed by atoms with Gasteiger partial charge in [-0.3, -0.25) is 0 Å². The summed E-state index contributed by atoms with van der Waals surface area (Å²) in [6.07, 6.45) is 0.631. The highest BCUT2D eigenvalue weighted by atomic mass is 32.2.